The summed E-state index contributed by atoms with van der Waals surface area (Å²) in [6.07, 6.45) is 4.71. The van der Waals surface area contributed by atoms with Crippen molar-refractivity contribution in [2.24, 2.45) is 0 Å². The number of benzene rings is 1. The number of hydrogen-bond acceptors (Lipinski definition) is 4. The number of pyridine rings is 1. The summed E-state index contributed by atoms with van der Waals surface area (Å²) in [5, 5.41) is 0. The third-order valence-electron chi connectivity index (χ3n) is 4.56. The molecule has 3 rings (SSSR count). The van der Waals surface area contributed by atoms with Gasteiger partial charge in [0.25, 0.3) is 0 Å². The third kappa shape index (κ3) is 4.29. The summed E-state index contributed by atoms with van der Waals surface area (Å²) in [7, 11) is 3.94. The largest absolute Gasteiger partial charge is 0.445 e. The lowest BCUT2D eigenvalue weighted by Crippen LogP contribution is -2.38. The van der Waals surface area contributed by atoms with Crippen molar-refractivity contribution in [1.29, 1.82) is 0 Å². The molecule has 25 heavy (non-hydrogen) atoms. The molecule has 0 aliphatic carbocycles. The Labute approximate surface area is 149 Å². The lowest BCUT2D eigenvalue weighted by atomic mass is 9.97. The van der Waals surface area contributed by atoms with Gasteiger partial charge in [0.05, 0.1) is 6.04 Å². The molecule has 0 bridgehead atoms. The summed E-state index contributed by atoms with van der Waals surface area (Å²) < 4.78 is 5.54. The van der Waals surface area contributed by atoms with Gasteiger partial charge < -0.3 is 14.5 Å². The van der Waals surface area contributed by atoms with E-state index in [2.05, 4.69) is 11.1 Å². The summed E-state index contributed by atoms with van der Waals surface area (Å²) >= 11 is 0. The molecule has 1 saturated heterocycles. The molecule has 2 aromatic rings. The standard InChI is InChI=1S/C20H25N3O2/c1-22(2)19-12-11-17(14-21-19)18-10-6-7-13-23(18)20(24)25-15-16-8-4-3-5-9-16/h3-5,8-9,11-12,14,18H,6-7,10,13,15H2,1-2H3/t18-/m0/s1. The fourth-order valence-corrected chi connectivity index (χ4v) is 3.16. The average Bonchev–Trinajstić information content (AvgIpc) is 2.67. The highest BCUT2D eigenvalue weighted by Gasteiger charge is 2.29. The first-order chi connectivity index (χ1) is 12.1. The Bertz CT molecular complexity index is 686. The molecular weight excluding hydrogens is 314 g/mol. The predicted octanol–water partition coefficient (Wildman–Crippen LogP) is 4.01. The summed E-state index contributed by atoms with van der Waals surface area (Å²) in [6.45, 7) is 1.04. The maximum Gasteiger partial charge on any atom is 0.410 e. The monoisotopic (exact) mass is 339 g/mol. The number of ether oxygens (including phenoxy) is 1. The Morgan fingerprint density at radius 1 is 1.20 bits per heavy atom. The zero-order valence-electron chi connectivity index (χ0n) is 14.9. The zero-order chi connectivity index (χ0) is 17.6. The number of anilines is 1. The van der Waals surface area contributed by atoms with Crippen molar-refractivity contribution in [3.05, 3.63) is 59.8 Å². The predicted molar refractivity (Wildman–Crippen MR) is 98.5 cm³/mol. The van der Waals surface area contributed by atoms with Crippen LogP contribution in [0.25, 0.3) is 0 Å². The molecule has 0 saturated carbocycles. The fraction of sp³-hybridized carbons (Fsp3) is 0.400. The fourth-order valence-electron chi connectivity index (χ4n) is 3.16. The molecule has 5 heteroatoms. The molecule has 0 radical (unpaired) electrons. The number of hydrogen-bond donors (Lipinski definition) is 0. The molecule has 0 spiro atoms. The van der Waals surface area contributed by atoms with Gasteiger partial charge in [-0.3, -0.25) is 0 Å². The smallest absolute Gasteiger partial charge is 0.410 e. The number of aromatic nitrogens is 1. The van der Waals surface area contributed by atoms with Crippen molar-refractivity contribution < 1.29 is 9.53 Å². The first kappa shape index (κ1) is 17.3. The van der Waals surface area contributed by atoms with Crippen LogP contribution in [0.4, 0.5) is 10.6 Å². The van der Waals surface area contributed by atoms with E-state index in [1.54, 1.807) is 0 Å². The summed E-state index contributed by atoms with van der Waals surface area (Å²) in [4.78, 5) is 20.9. The van der Waals surface area contributed by atoms with Crippen molar-refractivity contribution in [3.8, 4) is 0 Å². The highest BCUT2D eigenvalue weighted by molar-refractivity contribution is 5.68. The van der Waals surface area contributed by atoms with Crippen LogP contribution in [-0.2, 0) is 11.3 Å². The SMILES string of the molecule is CN(C)c1ccc([C@@H]2CCCCN2C(=O)OCc2ccccc2)cn1. The summed E-state index contributed by atoms with van der Waals surface area (Å²) in [6, 6.07) is 13.9. The topological polar surface area (TPSA) is 45.7 Å². The molecule has 1 atom stereocenters. The van der Waals surface area contributed by atoms with Crippen LogP contribution in [-0.4, -0.2) is 36.6 Å². The maximum atomic E-state index is 12.6. The number of rotatable bonds is 4. The van der Waals surface area contributed by atoms with Crippen molar-refractivity contribution in [2.75, 3.05) is 25.5 Å². The first-order valence-electron chi connectivity index (χ1n) is 8.76. The van der Waals surface area contributed by atoms with Gasteiger partial charge in [-0.1, -0.05) is 36.4 Å². The zero-order valence-corrected chi connectivity index (χ0v) is 14.9. The number of carbonyl (C=O) groups is 1. The van der Waals surface area contributed by atoms with E-state index in [-0.39, 0.29) is 12.1 Å². The quantitative estimate of drug-likeness (QED) is 0.844. The number of amides is 1. The van der Waals surface area contributed by atoms with E-state index in [9.17, 15) is 4.79 Å². The van der Waals surface area contributed by atoms with Crippen LogP contribution >= 0.6 is 0 Å². The molecule has 1 aliphatic rings. The first-order valence-corrected chi connectivity index (χ1v) is 8.76. The molecule has 0 N–H and O–H groups in total. The number of nitrogens with zero attached hydrogens (tertiary/aromatic N) is 3. The second-order valence-corrected chi connectivity index (χ2v) is 6.59. The van der Waals surface area contributed by atoms with E-state index in [0.717, 1.165) is 42.8 Å². The normalized spacial score (nSPS) is 17.2. The third-order valence-corrected chi connectivity index (χ3v) is 4.56. The maximum absolute atomic E-state index is 12.6. The Kier molecular flexibility index (Phi) is 5.53. The van der Waals surface area contributed by atoms with Crippen LogP contribution in [0.2, 0.25) is 0 Å². The summed E-state index contributed by atoms with van der Waals surface area (Å²) in [5.41, 5.74) is 2.07. The molecule has 1 aromatic heterocycles. The van der Waals surface area contributed by atoms with Crippen LogP contribution in [0.15, 0.2) is 48.7 Å². The van der Waals surface area contributed by atoms with E-state index >= 15 is 0 Å². The molecule has 5 nitrogen and oxygen atoms in total. The molecule has 132 valence electrons. The number of carbonyl (C=O) groups excluding carboxylic acids is 1. The lowest BCUT2D eigenvalue weighted by molar-refractivity contribution is 0.0678. The van der Waals surface area contributed by atoms with Gasteiger partial charge in [0.15, 0.2) is 0 Å². The van der Waals surface area contributed by atoms with E-state index < -0.39 is 0 Å². The second kappa shape index (κ2) is 8.01. The van der Waals surface area contributed by atoms with Crippen LogP contribution in [0, 0.1) is 0 Å². The van der Waals surface area contributed by atoms with Gasteiger partial charge in [-0.15, -0.1) is 0 Å². The van der Waals surface area contributed by atoms with Gasteiger partial charge in [-0.25, -0.2) is 9.78 Å². The Morgan fingerprint density at radius 2 is 2.00 bits per heavy atom. The minimum absolute atomic E-state index is 0.0423. The number of piperidine rings is 1. The summed E-state index contributed by atoms with van der Waals surface area (Å²) in [5.74, 6) is 0.915. The van der Waals surface area contributed by atoms with Gasteiger partial charge in [0, 0.05) is 26.8 Å². The van der Waals surface area contributed by atoms with Gasteiger partial charge >= 0.3 is 6.09 Å². The van der Waals surface area contributed by atoms with Crippen LogP contribution in [0.1, 0.15) is 36.4 Å². The van der Waals surface area contributed by atoms with Gasteiger partial charge in [0.2, 0.25) is 0 Å². The highest BCUT2D eigenvalue weighted by Crippen LogP contribution is 2.31. The van der Waals surface area contributed by atoms with E-state index in [1.165, 1.54) is 0 Å². The van der Waals surface area contributed by atoms with Crippen molar-refractivity contribution in [3.63, 3.8) is 0 Å². The molecule has 1 fully saturated rings. The molecule has 1 amide bonds. The van der Waals surface area contributed by atoms with E-state index in [1.807, 2.05) is 66.5 Å². The highest BCUT2D eigenvalue weighted by atomic mass is 16.6. The molecule has 2 heterocycles. The lowest BCUT2D eigenvalue weighted by Gasteiger charge is -2.35. The second-order valence-electron chi connectivity index (χ2n) is 6.59. The number of likely N-dealkylation sites (tertiary alicyclic amines) is 1. The molecule has 1 aliphatic heterocycles. The van der Waals surface area contributed by atoms with E-state index in [4.69, 9.17) is 4.74 Å². The van der Waals surface area contributed by atoms with Crippen LogP contribution < -0.4 is 4.90 Å². The molecule has 0 unspecified atom stereocenters. The van der Waals surface area contributed by atoms with Crippen molar-refractivity contribution in [2.45, 2.75) is 31.9 Å². The Balaban J connectivity index is 1.68. The van der Waals surface area contributed by atoms with Crippen molar-refractivity contribution >= 4 is 11.9 Å². The molecule has 1 aromatic carbocycles. The van der Waals surface area contributed by atoms with Crippen LogP contribution in [0.3, 0.4) is 0 Å². The minimum Gasteiger partial charge on any atom is -0.445 e. The Morgan fingerprint density at radius 3 is 2.68 bits per heavy atom. The average molecular weight is 339 g/mol. The van der Waals surface area contributed by atoms with Crippen molar-refractivity contribution in [1.82, 2.24) is 9.88 Å². The minimum atomic E-state index is -0.245. The molecular formula is C20H25N3O2. The van der Waals surface area contributed by atoms with Gasteiger partial charge in [0.1, 0.15) is 12.4 Å². The van der Waals surface area contributed by atoms with Gasteiger partial charge in [-0.05, 0) is 36.5 Å². The van der Waals surface area contributed by atoms with Crippen LogP contribution in [0.5, 0.6) is 0 Å². The van der Waals surface area contributed by atoms with E-state index in [0.29, 0.717) is 6.61 Å². The van der Waals surface area contributed by atoms with Gasteiger partial charge in [-0.2, -0.15) is 0 Å². The Hall–Kier alpha value is -2.56.